The summed E-state index contributed by atoms with van der Waals surface area (Å²) in [7, 11) is 1.63. The topological polar surface area (TPSA) is 67.4 Å². The van der Waals surface area contributed by atoms with E-state index in [9.17, 15) is 9.59 Å². The zero-order chi connectivity index (χ0) is 14.7. The summed E-state index contributed by atoms with van der Waals surface area (Å²) in [4.78, 5) is 23.0. The quantitative estimate of drug-likeness (QED) is 0.885. The molecule has 0 spiro atoms. The molecule has 5 heteroatoms. The van der Waals surface area contributed by atoms with E-state index in [1.165, 1.54) is 0 Å². The highest BCUT2D eigenvalue weighted by atomic mass is 16.5. The lowest BCUT2D eigenvalue weighted by atomic mass is 9.92. The minimum Gasteiger partial charge on any atom is -0.496 e. The van der Waals surface area contributed by atoms with Crippen LogP contribution in [0, 0.1) is 6.92 Å². The lowest BCUT2D eigenvalue weighted by Gasteiger charge is -2.23. The molecule has 1 heterocycles. The van der Waals surface area contributed by atoms with Crippen molar-refractivity contribution >= 4 is 18.0 Å². The summed E-state index contributed by atoms with van der Waals surface area (Å²) >= 11 is 0. The van der Waals surface area contributed by atoms with Crippen LogP contribution < -0.4 is 15.4 Å². The second-order valence-electron chi connectivity index (χ2n) is 4.71. The largest absolute Gasteiger partial charge is 0.496 e. The predicted octanol–water partition coefficient (Wildman–Crippen LogP) is 1.96. The zero-order valence-corrected chi connectivity index (χ0v) is 11.8. The fourth-order valence-electron chi connectivity index (χ4n) is 2.41. The summed E-state index contributed by atoms with van der Waals surface area (Å²) in [5.41, 5.74) is 2.76. The lowest BCUT2D eigenvalue weighted by molar-refractivity contribution is -0.122. The number of benzene rings is 1. The van der Waals surface area contributed by atoms with E-state index in [1.807, 2.05) is 38.1 Å². The average Bonchev–Trinajstić information content (AvgIpc) is 2.38. The van der Waals surface area contributed by atoms with E-state index < -0.39 is 6.03 Å². The van der Waals surface area contributed by atoms with Gasteiger partial charge < -0.3 is 10.1 Å². The van der Waals surface area contributed by atoms with Crippen LogP contribution in [0.5, 0.6) is 5.75 Å². The SMILES string of the molecule is CC=Cc1cc(C2CNC(=O)NC2=O)cc(C)c1OC. The Labute approximate surface area is 118 Å². The van der Waals surface area contributed by atoms with Crippen molar-refractivity contribution in [2.24, 2.45) is 0 Å². The molecule has 5 nitrogen and oxygen atoms in total. The molecule has 2 rings (SSSR count). The Bertz CT molecular complexity index is 579. The molecule has 1 unspecified atom stereocenters. The Kier molecular flexibility index (Phi) is 4.08. The summed E-state index contributed by atoms with van der Waals surface area (Å²) < 4.78 is 5.39. The van der Waals surface area contributed by atoms with Gasteiger partial charge in [-0.2, -0.15) is 0 Å². The van der Waals surface area contributed by atoms with Crippen molar-refractivity contribution in [2.45, 2.75) is 19.8 Å². The van der Waals surface area contributed by atoms with Crippen molar-refractivity contribution in [3.63, 3.8) is 0 Å². The molecule has 0 bridgehead atoms. The summed E-state index contributed by atoms with van der Waals surface area (Å²) in [5.74, 6) is 0.151. The third-order valence-corrected chi connectivity index (χ3v) is 3.30. The standard InChI is InChI=1S/C15H18N2O3/c1-4-5-10-7-11(6-9(2)13(10)20-3)12-8-16-15(19)17-14(12)18/h4-7,12H,8H2,1-3H3,(H2,16,17,18,19). The summed E-state index contributed by atoms with van der Waals surface area (Å²) in [5, 5.41) is 4.93. The molecule has 1 aromatic rings. The minimum atomic E-state index is -0.440. The number of rotatable bonds is 3. The molecule has 0 aliphatic carbocycles. The van der Waals surface area contributed by atoms with Crippen molar-refractivity contribution in [1.82, 2.24) is 10.6 Å². The number of carbonyl (C=O) groups is 2. The van der Waals surface area contributed by atoms with E-state index in [-0.39, 0.29) is 11.8 Å². The molecule has 0 saturated carbocycles. The number of allylic oxidation sites excluding steroid dienone is 1. The van der Waals surface area contributed by atoms with E-state index in [2.05, 4.69) is 10.6 Å². The van der Waals surface area contributed by atoms with Gasteiger partial charge >= 0.3 is 6.03 Å². The Hall–Kier alpha value is -2.30. The van der Waals surface area contributed by atoms with Gasteiger partial charge in [0.25, 0.3) is 0 Å². The molecule has 1 aliphatic rings. The van der Waals surface area contributed by atoms with E-state index >= 15 is 0 Å². The normalized spacial score (nSPS) is 18.9. The highest BCUT2D eigenvalue weighted by Gasteiger charge is 2.28. The van der Waals surface area contributed by atoms with Crippen LogP contribution in [0.2, 0.25) is 0 Å². The number of hydrogen-bond donors (Lipinski definition) is 2. The maximum absolute atomic E-state index is 11.9. The Morgan fingerprint density at radius 1 is 1.35 bits per heavy atom. The van der Waals surface area contributed by atoms with Crippen LogP contribution in [0.25, 0.3) is 6.08 Å². The molecule has 20 heavy (non-hydrogen) atoms. The first kappa shape index (κ1) is 14.1. The molecule has 1 saturated heterocycles. The van der Waals surface area contributed by atoms with Gasteiger partial charge in [-0.3, -0.25) is 10.1 Å². The van der Waals surface area contributed by atoms with Crippen LogP contribution in [-0.4, -0.2) is 25.6 Å². The molecular formula is C15H18N2O3. The van der Waals surface area contributed by atoms with Gasteiger partial charge in [0.1, 0.15) is 5.75 Å². The molecule has 106 valence electrons. The molecule has 1 atom stereocenters. The van der Waals surface area contributed by atoms with E-state index in [4.69, 9.17) is 4.74 Å². The van der Waals surface area contributed by atoms with Gasteiger partial charge in [-0.25, -0.2) is 4.79 Å². The van der Waals surface area contributed by atoms with E-state index in [1.54, 1.807) is 7.11 Å². The molecule has 1 fully saturated rings. The molecular weight excluding hydrogens is 256 g/mol. The molecule has 0 radical (unpaired) electrons. The van der Waals surface area contributed by atoms with Gasteiger partial charge in [-0.05, 0) is 31.0 Å². The first-order valence-corrected chi connectivity index (χ1v) is 6.46. The second kappa shape index (κ2) is 5.77. The van der Waals surface area contributed by atoms with Crippen LogP contribution >= 0.6 is 0 Å². The first-order valence-electron chi connectivity index (χ1n) is 6.46. The highest BCUT2D eigenvalue weighted by molar-refractivity contribution is 6.00. The number of aryl methyl sites for hydroxylation is 1. The number of urea groups is 1. The third-order valence-electron chi connectivity index (χ3n) is 3.30. The number of ether oxygens (including phenoxy) is 1. The second-order valence-corrected chi connectivity index (χ2v) is 4.71. The molecule has 1 aromatic carbocycles. The van der Waals surface area contributed by atoms with Gasteiger partial charge in [0.15, 0.2) is 0 Å². The Balaban J connectivity index is 2.42. The number of imide groups is 1. The maximum Gasteiger partial charge on any atom is 0.321 e. The van der Waals surface area contributed by atoms with Gasteiger partial charge in [-0.15, -0.1) is 0 Å². The zero-order valence-electron chi connectivity index (χ0n) is 11.8. The lowest BCUT2D eigenvalue weighted by Crippen LogP contribution is -2.50. The van der Waals surface area contributed by atoms with Crippen molar-refractivity contribution < 1.29 is 14.3 Å². The van der Waals surface area contributed by atoms with Crippen LogP contribution in [0.4, 0.5) is 4.79 Å². The van der Waals surface area contributed by atoms with Crippen LogP contribution in [-0.2, 0) is 4.79 Å². The number of amides is 3. The van der Waals surface area contributed by atoms with Crippen molar-refractivity contribution in [3.8, 4) is 5.75 Å². The van der Waals surface area contributed by atoms with E-state index in [0.29, 0.717) is 6.54 Å². The first-order chi connectivity index (χ1) is 9.56. The summed E-state index contributed by atoms with van der Waals surface area (Å²) in [6, 6.07) is 3.41. The van der Waals surface area contributed by atoms with Crippen LogP contribution in [0.15, 0.2) is 18.2 Å². The Morgan fingerprint density at radius 2 is 2.10 bits per heavy atom. The molecule has 3 amide bonds. The summed E-state index contributed by atoms with van der Waals surface area (Å²) in [6.07, 6.45) is 3.86. The number of carbonyl (C=O) groups excluding carboxylic acids is 2. The van der Waals surface area contributed by atoms with Gasteiger partial charge in [0, 0.05) is 12.1 Å². The molecule has 0 aromatic heterocycles. The minimum absolute atomic E-state index is 0.273. The summed E-state index contributed by atoms with van der Waals surface area (Å²) in [6.45, 7) is 4.18. The number of methoxy groups -OCH3 is 1. The molecule has 1 aliphatic heterocycles. The van der Waals surface area contributed by atoms with Crippen molar-refractivity contribution in [3.05, 3.63) is 34.9 Å². The van der Waals surface area contributed by atoms with Crippen molar-refractivity contribution in [2.75, 3.05) is 13.7 Å². The van der Waals surface area contributed by atoms with Crippen molar-refractivity contribution in [1.29, 1.82) is 0 Å². The maximum atomic E-state index is 11.9. The fourth-order valence-corrected chi connectivity index (χ4v) is 2.41. The number of nitrogens with one attached hydrogen (secondary N) is 2. The molecule has 2 N–H and O–H groups in total. The fraction of sp³-hybridized carbons (Fsp3) is 0.333. The van der Waals surface area contributed by atoms with E-state index in [0.717, 1.165) is 22.4 Å². The Morgan fingerprint density at radius 3 is 2.70 bits per heavy atom. The van der Waals surface area contributed by atoms with Gasteiger partial charge in [-0.1, -0.05) is 18.2 Å². The van der Waals surface area contributed by atoms with Crippen LogP contribution in [0.1, 0.15) is 29.5 Å². The highest BCUT2D eigenvalue weighted by Crippen LogP contribution is 2.30. The monoisotopic (exact) mass is 274 g/mol. The average molecular weight is 274 g/mol. The van der Waals surface area contributed by atoms with Crippen LogP contribution in [0.3, 0.4) is 0 Å². The predicted molar refractivity (Wildman–Crippen MR) is 76.7 cm³/mol. The number of hydrogen-bond acceptors (Lipinski definition) is 3. The van der Waals surface area contributed by atoms with Gasteiger partial charge in [0.2, 0.25) is 5.91 Å². The smallest absolute Gasteiger partial charge is 0.321 e. The van der Waals surface area contributed by atoms with Gasteiger partial charge in [0.05, 0.1) is 13.0 Å². The third kappa shape index (κ3) is 2.66.